The standard InChI is InChI=1S/C23H26ClN3O3S/c1-5-12-30-22(29)20-15(4)25-23-27(21(20)16-8-10-17(24)11-9-16)18(14-31-23)13-19(28)26(6-2)7-3/h5,8-11,14,21H,1,6-7,12-13H2,2-4H3. The van der Waals surface area contributed by atoms with Crippen LogP contribution in [0.4, 0.5) is 0 Å². The summed E-state index contributed by atoms with van der Waals surface area (Å²) < 4.78 is 5.38. The third-order valence-electron chi connectivity index (χ3n) is 5.19. The first-order valence-electron chi connectivity index (χ1n) is 10.2. The van der Waals surface area contributed by atoms with Crippen LogP contribution in [-0.4, -0.2) is 46.5 Å². The molecule has 1 unspecified atom stereocenters. The van der Waals surface area contributed by atoms with E-state index in [1.165, 1.54) is 17.8 Å². The van der Waals surface area contributed by atoms with Crippen LogP contribution in [0, 0.1) is 0 Å². The molecular weight excluding hydrogens is 434 g/mol. The number of hydrogen-bond donors (Lipinski definition) is 0. The third kappa shape index (κ3) is 4.88. The Morgan fingerprint density at radius 3 is 2.58 bits per heavy atom. The van der Waals surface area contributed by atoms with Gasteiger partial charge in [0, 0.05) is 23.8 Å². The van der Waals surface area contributed by atoms with Crippen molar-refractivity contribution in [3.8, 4) is 0 Å². The maximum atomic E-state index is 13.0. The van der Waals surface area contributed by atoms with E-state index in [0.717, 1.165) is 16.4 Å². The van der Waals surface area contributed by atoms with E-state index in [9.17, 15) is 9.59 Å². The number of allylic oxidation sites excluding steroid dienone is 1. The van der Waals surface area contributed by atoms with Crippen LogP contribution >= 0.6 is 23.4 Å². The lowest BCUT2D eigenvalue weighted by Crippen LogP contribution is -2.38. The second-order valence-electron chi connectivity index (χ2n) is 7.07. The zero-order valence-electron chi connectivity index (χ0n) is 17.9. The largest absolute Gasteiger partial charge is 0.458 e. The number of rotatable bonds is 8. The Hall–Kier alpha value is -2.51. The van der Waals surface area contributed by atoms with E-state index in [2.05, 4.69) is 11.6 Å². The average Bonchev–Trinajstić information content (AvgIpc) is 3.14. The van der Waals surface area contributed by atoms with Crippen molar-refractivity contribution < 1.29 is 14.3 Å². The maximum Gasteiger partial charge on any atom is 0.338 e. The molecule has 1 amide bonds. The Morgan fingerprint density at radius 1 is 1.29 bits per heavy atom. The number of hydrogen-bond acceptors (Lipinski definition) is 6. The fourth-order valence-electron chi connectivity index (χ4n) is 3.65. The van der Waals surface area contributed by atoms with Gasteiger partial charge in [-0.2, -0.15) is 0 Å². The van der Waals surface area contributed by atoms with Crippen LogP contribution in [0.1, 0.15) is 38.8 Å². The average molecular weight is 460 g/mol. The van der Waals surface area contributed by atoms with Crippen molar-refractivity contribution >= 4 is 40.4 Å². The van der Waals surface area contributed by atoms with E-state index in [0.29, 0.717) is 29.4 Å². The summed E-state index contributed by atoms with van der Waals surface area (Å²) in [5.74, 6) is -0.415. The molecule has 0 spiro atoms. The zero-order chi connectivity index (χ0) is 22.5. The maximum absolute atomic E-state index is 13.0. The molecule has 0 bridgehead atoms. The molecule has 164 valence electrons. The lowest BCUT2D eigenvalue weighted by atomic mass is 9.94. The number of amidine groups is 1. The topological polar surface area (TPSA) is 62.2 Å². The lowest BCUT2D eigenvalue weighted by Gasteiger charge is -2.36. The van der Waals surface area contributed by atoms with Crippen molar-refractivity contribution in [2.45, 2.75) is 33.2 Å². The number of carbonyl (C=O) groups is 2. The second kappa shape index (κ2) is 10.2. The Kier molecular flexibility index (Phi) is 7.62. The first-order chi connectivity index (χ1) is 14.9. The summed E-state index contributed by atoms with van der Waals surface area (Å²) >= 11 is 7.56. The molecule has 6 nitrogen and oxygen atoms in total. The lowest BCUT2D eigenvalue weighted by molar-refractivity contribution is -0.138. The molecule has 1 aromatic carbocycles. The van der Waals surface area contributed by atoms with E-state index >= 15 is 0 Å². The van der Waals surface area contributed by atoms with Gasteiger partial charge >= 0.3 is 5.97 Å². The summed E-state index contributed by atoms with van der Waals surface area (Å²) in [5, 5.41) is 3.28. The minimum atomic E-state index is -0.465. The number of aliphatic imine (C=N–C) groups is 1. The van der Waals surface area contributed by atoms with E-state index < -0.39 is 12.0 Å². The molecule has 31 heavy (non-hydrogen) atoms. The number of amides is 1. The fourth-order valence-corrected chi connectivity index (χ4v) is 4.74. The summed E-state index contributed by atoms with van der Waals surface area (Å²) in [4.78, 5) is 34.2. The van der Waals surface area contributed by atoms with E-state index in [4.69, 9.17) is 16.3 Å². The Bertz CT molecular complexity index is 965. The van der Waals surface area contributed by atoms with Crippen molar-refractivity contribution in [1.29, 1.82) is 0 Å². The number of esters is 1. The highest BCUT2D eigenvalue weighted by atomic mass is 35.5. The fraction of sp³-hybridized carbons (Fsp3) is 0.348. The van der Waals surface area contributed by atoms with Crippen LogP contribution in [0.2, 0.25) is 5.02 Å². The van der Waals surface area contributed by atoms with Gasteiger partial charge < -0.3 is 14.5 Å². The zero-order valence-corrected chi connectivity index (χ0v) is 19.5. The Morgan fingerprint density at radius 2 is 1.97 bits per heavy atom. The van der Waals surface area contributed by atoms with Gasteiger partial charge in [0.05, 0.1) is 23.7 Å². The minimum absolute atomic E-state index is 0.0371. The third-order valence-corrected chi connectivity index (χ3v) is 6.33. The molecule has 0 radical (unpaired) electrons. The smallest absolute Gasteiger partial charge is 0.338 e. The number of fused-ring (bicyclic) bond motifs is 1. The molecule has 0 saturated heterocycles. The number of halogens is 1. The van der Waals surface area contributed by atoms with Gasteiger partial charge in [-0.15, -0.1) is 0 Å². The molecule has 3 rings (SSSR count). The summed E-state index contributed by atoms with van der Waals surface area (Å²) in [6.07, 6.45) is 1.76. The van der Waals surface area contributed by atoms with Gasteiger partial charge in [0.1, 0.15) is 6.61 Å². The van der Waals surface area contributed by atoms with Crippen LogP contribution in [0.25, 0.3) is 0 Å². The molecule has 2 aliphatic rings. The van der Waals surface area contributed by atoms with Gasteiger partial charge in [-0.05, 0) is 43.9 Å². The number of benzene rings is 1. The van der Waals surface area contributed by atoms with Crippen molar-refractivity contribution in [1.82, 2.24) is 9.80 Å². The molecule has 0 N–H and O–H groups in total. The summed E-state index contributed by atoms with van der Waals surface area (Å²) in [6, 6.07) is 6.89. The Labute approximate surface area is 192 Å². The van der Waals surface area contributed by atoms with Crippen LogP contribution in [-0.2, 0) is 14.3 Å². The van der Waals surface area contributed by atoms with Crippen LogP contribution in [0.3, 0.4) is 0 Å². The Balaban J connectivity index is 2.02. The number of carbonyl (C=O) groups excluding carboxylic acids is 2. The highest BCUT2D eigenvalue weighted by Gasteiger charge is 2.41. The van der Waals surface area contributed by atoms with Gasteiger partial charge in [-0.25, -0.2) is 9.79 Å². The number of nitrogens with zero attached hydrogens (tertiary/aromatic N) is 3. The van der Waals surface area contributed by atoms with E-state index in [-0.39, 0.29) is 18.9 Å². The van der Waals surface area contributed by atoms with Crippen LogP contribution in [0.15, 0.2) is 64.3 Å². The molecule has 2 aliphatic heterocycles. The van der Waals surface area contributed by atoms with Crippen molar-refractivity contribution in [3.05, 3.63) is 69.9 Å². The van der Waals surface area contributed by atoms with Gasteiger partial charge in [0.2, 0.25) is 5.91 Å². The normalized spacial score (nSPS) is 17.7. The first kappa shape index (κ1) is 23.2. The quantitative estimate of drug-likeness (QED) is 0.408. The molecular formula is C23H26ClN3O3S. The molecule has 1 aromatic rings. The van der Waals surface area contributed by atoms with Gasteiger partial charge in [-0.3, -0.25) is 4.79 Å². The summed E-state index contributed by atoms with van der Waals surface area (Å²) in [5.41, 5.74) is 2.71. The van der Waals surface area contributed by atoms with Gasteiger partial charge in [-0.1, -0.05) is 48.2 Å². The molecule has 0 fully saturated rings. The highest BCUT2D eigenvalue weighted by molar-refractivity contribution is 8.16. The molecule has 0 aliphatic carbocycles. The predicted molar refractivity (Wildman–Crippen MR) is 126 cm³/mol. The molecule has 2 heterocycles. The monoisotopic (exact) mass is 459 g/mol. The summed E-state index contributed by atoms with van der Waals surface area (Å²) in [7, 11) is 0. The number of ether oxygens (including phenoxy) is 1. The van der Waals surface area contributed by atoms with Gasteiger partial charge in [0.15, 0.2) is 5.17 Å². The minimum Gasteiger partial charge on any atom is -0.458 e. The van der Waals surface area contributed by atoms with E-state index in [1.807, 2.05) is 36.3 Å². The van der Waals surface area contributed by atoms with Crippen LogP contribution in [0.5, 0.6) is 0 Å². The van der Waals surface area contributed by atoms with Crippen molar-refractivity contribution in [3.63, 3.8) is 0 Å². The molecule has 0 saturated carbocycles. The molecule has 8 heteroatoms. The van der Waals surface area contributed by atoms with Crippen molar-refractivity contribution in [2.24, 2.45) is 4.99 Å². The molecule has 0 aromatic heterocycles. The SMILES string of the molecule is C=CCOC(=O)C1=C(C)N=C2SC=C(CC(=O)N(CC)CC)N2C1c1ccc(Cl)cc1. The summed E-state index contributed by atoms with van der Waals surface area (Å²) in [6.45, 7) is 10.7. The first-order valence-corrected chi connectivity index (χ1v) is 11.4. The van der Waals surface area contributed by atoms with Crippen LogP contribution < -0.4 is 0 Å². The van der Waals surface area contributed by atoms with Crippen molar-refractivity contribution in [2.75, 3.05) is 19.7 Å². The predicted octanol–water partition coefficient (Wildman–Crippen LogP) is 4.90. The highest BCUT2D eigenvalue weighted by Crippen LogP contribution is 2.45. The number of thioether (sulfide) groups is 1. The van der Waals surface area contributed by atoms with E-state index in [1.54, 1.807) is 24.0 Å². The molecule has 1 atom stereocenters. The van der Waals surface area contributed by atoms with Gasteiger partial charge in [0.25, 0.3) is 0 Å². The second-order valence-corrected chi connectivity index (χ2v) is 8.35.